The molecule has 1 aromatic heterocycles. The van der Waals surface area contributed by atoms with Crippen molar-refractivity contribution in [2.24, 2.45) is 0 Å². The van der Waals surface area contributed by atoms with Gasteiger partial charge in [-0.1, -0.05) is 0 Å². The van der Waals surface area contributed by atoms with Crippen LogP contribution in [0, 0.1) is 10.1 Å². The minimum atomic E-state index is -0.383. The number of benzene rings is 1. The Labute approximate surface area is 128 Å². The van der Waals surface area contributed by atoms with Gasteiger partial charge in [0, 0.05) is 43.2 Å². The van der Waals surface area contributed by atoms with Crippen molar-refractivity contribution in [2.45, 2.75) is 32.7 Å². The van der Waals surface area contributed by atoms with Crippen LogP contribution in [0.4, 0.5) is 5.69 Å². The summed E-state index contributed by atoms with van der Waals surface area (Å²) in [6.45, 7) is 3.42. The number of aromatic nitrogens is 1. The monoisotopic (exact) mass is 301 g/mol. The topological polar surface area (TPSA) is 68.4 Å². The highest BCUT2D eigenvalue weighted by molar-refractivity contribution is 6.02. The zero-order valence-corrected chi connectivity index (χ0v) is 12.8. The number of carbonyl (C=O) groups excluding carboxylic acids is 1. The van der Waals surface area contributed by atoms with Crippen molar-refractivity contribution in [3.8, 4) is 0 Å². The molecule has 6 nitrogen and oxygen atoms in total. The fraction of sp³-hybridized carbons (Fsp3) is 0.438. The summed E-state index contributed by atoms with van der Waals surface area (Å²) < 4.78 is 1.98. The van der Waals surface area contributed by atoms with Gasteiger partial charge in [-0.3, -0.25) is 14.9 Å². The molecule has 116 valence electrons. The molecular formula is C16H19N3O3. The summed E-state index contributed by atoms with van der Waals surface area (Å²) in [7, 11) is 1.82. The molecule has 0 N–H and O–H groups in total. The maximum Gasteiger partial charge on any atom is 0.270 e. The van der Waals surface area contributed by atoms with Gasteiger partial charge in [0.25, 0.3) is 11.6 Å². The smallest absolute Gasteiger partial charge is 0.270 e. The van der Waals surface area contributed by atoms with Crippen LogP contribution in [-0.2, 0) is 13.0 Å². The fourth-order valence-electron chi connectivity index (χ4n) is 3.28. The molecule has 2 aromatic rings. The molecule has 1 aliphatic rings. The van der Waals surface area contributed by atoms with Crippen LogP contribution in [0.5, 0.6) is 0 Å². The van der Waals surface area contributed by atoms with Gasteiger partial charge in [0.1, 0.15) is 5.69 Å². The second-order valence-corrected chi connectivity index (χ2v) is 5.71. The summed E-state index contributed by atoms with van der Waals surface area (Å²) in [5.74, 6) is 0.00963. The van der Waals surface area contributed by atoms with Gasteiger partial charge >= 0.3 is 0 Å². The van der Waals surface area contributed by atoms with Crippen molar-refractivity contribution in [1.82, 2.24) is 9.47 Å². The van der Waals surface area contributed by atoms with Gasteiger partial charge in [0.15, 0.2) is 0 Å². The molecule has 0 bridgehead atoms. The number of carbonyl (C=O) groups is 1. The van der Waals surface area contributed by atoms with Gasteiger partial charge in [0.05, 0.1) is 4.92 Å². The number of aryl methyl sites for hydroxylation is 2. The second-order valence-electron chi connectivity index (χ2n) is 5.71. The third-order valence-electron chi connectivity index (χ3n) is 4.40. The quantitative estimate of drug-likeness (QED) is 0.632. The van der Waals surface area contributed by atoms with Gasteiger partial charge in [-0.15, -0.1) is 0 Å². The van der Waals surface area contributed by atoms with E-state index in [1.165, 1.54) is 6.07 Å². The van der Waals surface area contributed by atoms with Crippen LogP contribution in [0.2, 0.25) is 0 Å². The Hall–Kier alpha value is -2.37. The highest BCUT2D eigenvalue weighted by atomic mass is 16.6. The van der Waals surface area contributed by atoms with Gasteiger partial charge in [0.2, 0.25) is 0 Å². The molecule has 0 spiro atoms. The number of nitro groups is 1. The molecule has 1 aromatic carbocycles. The van der Waals surface area contributed by atoms with E-state index in [0.717, 1.165) is 42.3 Å². The van der Waals surface area contributed by atoms with Crippen LogP contribution >= 0.6 is 0 Å². The van der Waals surface area contributed by atoms with E-state index in [4.69, 9.17) is 0 Å². The lowest BCUT2D eigenvalue weighted by Crippen LogP contribution is -2.31. The van der Waals surface area contributed by atoms with Crippen molar-refractivity contribution in [3.63, 3.8) is 0 Å². The first-order chi connectivity index (χ1) is 10.5. The summed E-state index contributed by atoms with van der Waals surface area (Å²) in [5, 5.41) is 11.9. The molecule has 0 saturated heterocycles. The summed E-state index contributed by atoms with van der Waals surface area (Å²) in [4.78, 5) is 25.1. The maximum absolute atomic E-state index is 12.7. The van der Waals surface area contributed by atoms with Crippen LogP contribution in [0.3, 0.4) is 0 Å². The van der Waals surface area contributed by atoms with Crippen LogP contribution in [0.1, 0.15) is 35.8 Å². The van der Waals surface area contributed by atoms with Crippen LogP contribution in [0.15, 0.2) is 18.2 Å². The average Bonchev–Trinajstić information content (AvgIpc) is 2.81. The lowest BCUT2D eigenvalue weighted by molar-refractivity contribution is -0.384. The molecule has 0 saturated carbocycles. The van der Waals surface area contributed by atoms with Crippen LogP contribution in [0.25, 0.3) is 10.9 Å². The lowest BCUT2D eigenvalue weighted by Gasteiger charge is -2.21. The van der Waals surface area contributed by atoms with E-state index in [9.17, 15) is 14.9 Å². The van der Waals surface area contributed by atoms with Crippen LogP contribution < -0.4 is 0 Å². The van der Waals surface area contributed by atoms with E-state index in [1.54, 1.807) is 17.0 Å². The van der Waals surface area contributed by atoms with E-state index in [1.807, 2.05) is 18.5 Å². The van der Waals surface area contributed by atoms with Crippen molar-refractivity contribution in [1.29, 1.82) is 0 Å². The first-order valence-electron chi connectivity index (χ1n) is 7.59. The average molecular weight is 301 g/mol. The predicted octanol–water partition coefficient (Wildman–Crippen LogP) is 2.98. The fourth-order valence-corrected chi connectivity index (χ4v) is 3.28. The second kappa shape index (κ2) is 5.44. The Kier molecular flexibility index (Phi) is 3.60. The lowest BCUT2D eigenvalue weighted by atomic mass is 10.0. The van der Waals surface area contributed by atoms with Gasteiger partial charge in [-0.05, 0) is 37.8 Å². The minimum Gasteiger partial charge on any atom is -0.340 e. The zero-order chi connectivity index (χ0) is 15.9. The van der Waals surface area contributed by atoms with E-state index < -0.39 is 0 Å². The van der Waals surface area contributed by atoms with E-state index >= 15 is 0 Å². The Morgan fingerprint density at radius 1 is 1.32 bits per heavy atom. The number of hydrogen-bond donors (Lipinski definition) is 0. The Balaban J connectivity index is 2.32. The Morgan fingerprint density at radius 3 is 2.77 bits per heavy atom. The number of amides is 1. The molecule has 3 rings (SSSR count). The molecule has 0 unspecified atom stereocenters. The number of fused-ring (bicyclic) bond motifs is 3. The highest BCUT2D eigenvalue weighted by Gasteiger charge is 2.26. The number of non-ortho nitro benzene ring substituents is 1. The van der Waals surface area contributed by atoms with Gasteiger partial charge in [-0.2, -0.15) is 0 Å². The largest absolute Gasteiger partial charge is 0.340 e. The van der Waals surface area contributed by atoms with Crippen molar-refractivity contribution in [2.75, 3.05) is 13.6 Å². The summed E-state index contributed by atoms with van der Waals surface area (Å²) in [6, 6.07) is 4.88. The van der Waals surface area contributed by atoms with Crippen LogP contribution in [-0.4, -0.2) is 33.9 Å². The zero-order valence-electron chi connectivity index (χ0n) is 12.8. The van der Waals surface area contributed by atoms with Crippen molar-refractivity contribution < 1.29 is 9.72 Å². The SMILES string of the molecule is CCn1c2c(c3cc([N+](=O)[O-])ccc31)CCCCN(C)C2=O. The molecule has 2 heterocycles. The van der Waals surface area contributed by atoms with E-state index in [2.05, 4.69) is 0 Å². The third-order valence-corrected chi connectivity index (χ3v) is 4.40. The minimum absolute atomic E-state index is 0.00963. The standard InChI is InChI=1S/C16H19N3O3/c1-3-18-14-8-7-11(19(21)22)10-13(14)12-6-4-5-9-17(2)16(20)15(12)18/h7-8,10H,3-6,9H2,1-2H3. The Bertz CT molecular complexity index is 764. The summed E-state index contributed by atoms with van der Waals surface area (Å²) in [6.07, 6.45) is 2.73. The summed E-state index contributed by atoms with van der Waals surface area (Å²) >= 11 is 0. The molecule has 0 aliphatic carbocycles. The first kappa shape index (κ1) is 14.6. The molecule has 22 heavy (non-hydrogen) atoms. The number of hydrogen-bond acceptors (Lipinski definition) is 3. The number of nitrogens with zero attached hydrogens (tertiary/aromatic N) is 3. The molecule has 0 radical (unpaired) electrons. The van der Waals surface area contributed by atoms with Gasteiger partial charge in [-0.25, -0.2) is 0 Å². The molecular weight excluding hydrogens is 282 g/mol. The molecule has 1 aliphatic heterocycles. The normalized spacial score (nSPS) is 15.5. The highest BCUT2D eigenvalue weighted by Crippen LogP contribution is 2.32. The first-order valence-corrected chi connectivity index (χ1v) is 7.59. The van der Waals surface area contributed by atoms with Crippen molar-refractivity contribution >= 4 is 22.5 Å². The van der Waals surface area contributed by atoms with Crippen molar-refractivity contribution in [3.05, 3.63) is 39.6 Å². The van der Waals surface area contributed by atoms with E-state index in [0.29, 0.717) is 12.2 Å². The predicted molar refractivity (Wildman–Crippen MR) is 84.2 cm³/mol. The third kappa shape index (κ3) is 2.15. The maximum atomic E-state index is 12.7. The van der Waals surface area contributed by atoms with E-state index in [-0.39, 0.29) is 16.5 Å². The summed E-state index contributed by atoms with van der Waals surface area (Å²) in [5.41, 5.74) is 2.63. The number of rotatable bonds is 2. The Morgan fingerprint density at radius 2 is 2.09 bits per heavy atom. The molecule has 1 amide bonds. The molecule has 0 atom stereocenters. The van der Waals surface area contributed by atoms with Gasteiger partial charge < -0.3 is 9.47 Å². The molecule has 6 heteroatoms. The number of nitro benzene ring substituents is 1. The molecule has 0 fully saturated rings.